The third-order valence-corrected chi connectivity index (χ3v) is 1.53. The molecule has 17 heavy (non-hydrogen) atoms. The van der Waals surface area contributed by atoms with Gasteiger partial charge in [0.15, 0.2) is 6.61 Å². The standard InChI is InChI=1S/C7H7F3N4O3/c1-11-6-12-2-4(14(15)16)5(13-6)17-3-7(8,9)10/h2H,3H2,1H3,(H,11,12,13). The summed E-state index contributed by atoms with van der Waals surface area (Å²) < 4.78 is 40.0. The van der Waals surface area contributed by atoms with Gasteiger partial charge >= 0.3 is 11.9 Å². The lowest BCUT2D eigenvalue weighted by Gasteiger charge is -2.08. The van der Waals surface area contributed by atoms with E-state index in [-0.39, 0.29) is 5.95 Å². The van der Waals surface area contributed by atoms with Crippen molar-refractivity contribution in [1.29, 1.82) is 0 Å². The largest absolute Gasteiger partial charge is 0.463 e. The summed E-state index contributed by atoms with van der Waals surface area (Å²) in [5.41, 5.74) is -0.728. The number of anilines is 1. The molecule has 1 aromatic heterocycles. The monoisotopic (exact) mass is 252 g/mol. The first-order valence-corrected chi connectivity index (χ1v) is 4.22. The van der Waals surface area contributed by atoms with Gasteiger partial charge in [0.1, 0.15) is 6.20 Å². The molecule has 0 aliphatic carbocycles. The van der Waals surface area contributed by atoms with Crippen molar-refractivity contribution in [2.45, 2.75) is 6.18 Å². The fraction of sp³-hybridized carbons (Fsp3) is 0.429. The van der Waals surface area contributed by atoms with Gasteiger partial charge in [-0.1, -0.05) is 0 Å². The van der Waals surface area contributed by atoms with Crippen LogP contribution in [0.15, 0.2) is 6.20 Å². The fourth-order valence-corrected chi connectivity index (χ4v) is 0.862. The molecular weight excluding hydrogens is 245 g/mol. The number of nitro groups is 1. The molecule has 10 heteroatoms. The van der Waals surface area contributed by atoms with Gasteiger partial charge in [0.2, 0.25) is 5.95 Å². The van der Waals surface area contributed by atoms with Crippen LogP contribution in [0.5, 0.6) is 5.88 Å². The zero-order valence-electron chi connectivity index (χ0n) is 8.48. The van der Waals surface area contributed by atoms with Crippen LogP contribution >= 0.6 is 0 Å². The van der Waals surface area contributed by atoms with Gasteiger partial charge in [-0.3, -0.25) is 10.1 Å². The van der Waals surface area contributed by atoms with Crippen molar-refractivity contribution in [2.24, 2.45) is 0 Å². The summed E-state index contributed by atoms with van der Waals surface area (Å²) >= 11 is 0. The Morgan fingerprint density at radius 3 is 2.71 bits per heavy atom. The van der Waals surface area contributed by atoms with Crippen LogP contribution in [0.4, 0.5) is 24.8 Å². The Hall–Kier alpha value is -2.13. The highest BCUT2D eigenvalue weighted by molar-refractivity contribution is 5.42. The second kappa shape index (κ2) is 4.80. The van der Waals surface area contributed by atoms with Crippen molar-refractivity contribution >= 4 is 11.6 Å². The summed E-state index contributed by atoms with van der Waals surface area (Å²) in [5, 5.41) is 12.9. The van der Waals surface area contributed by atoms with E-state index in [1.807, 2.05) is 0 Å². The molecule has 0 radical (unpaired) electrons. The van der Waals surface area contributed by atoms with Crippen molar-refractivity contribution in [3.05, 3.63) is 16.3 Å². The third-order valence-electron chi connectivity index (χ3n) is 1.53. The first kappa shape index (κ1) is 12.9. The molecule has 0 aliphatic rings. The molecule has 0 aliphatic heterocycles. The average molecular weight is 252 g/mol. The number of hydrogen-bond donors (Lipinski definition) is 1. The van der Waals surface area contributed by atoms with Gasteiger partial charge in [-0.15, -0.1) is 0 Å². The maximum atomic E-state index is 11.9. The van der Waals surface area contributed by atoms with Crippen LogP contribution in [-0.4, -0.2) is 34.7 Å². The van der Waals surface area contributed by atoms with Crippen LogP contribution in [0.1, 0.15) is 0 Å². The lowest BCUT2D eigenvalue weighted by Crippen LogP contribution is -2.20. The van der Waals surface area contributed by atoms with Crippen LogP contribution in [0.25, 0.3) is 0 Å². The Balaban J connectivity index is 2.97. The second-order valence-electron chi connectivity index (χ2n) is 2.79. The summed E-state index contributed by atoms with van der Waals surface area (Å²) in [7, 11) is 1.41. The highest BCUT2D eigenvalue weighted by Gasteiger charge is 2.31. The van der Waals surface area contributed by atoms with E-state index in [1.165, 1.54) is 7.05 Å². The molecule has 0 saturated carbocycles. The van der Waals surface area contributed by atoms with Gasteiger partial charge in [-0.05, 0) is 0 Å². The number of hydrogen-bond acceptors (Lipinski definition) is 6. The number of nitrogens with zero attached hydrogens (tertiary/aromatic N) is 3. The Bertz CT molecular complexity index is 423. The molecule has 0 amide bonds. The van der Waals surface area contributed by atoms with Crippen LogP contribution < -0.4 is 10.1 Å². The average Bonchev–Trinajstić information content (AvgIpc) is 2.24. The van der Waals surface area contributed by atoms with Crippen molar-refractivity contribution < 1.29 is 22.8 Å². The summed E-state index contributed by atoms with van der Waals surface area (Å²) in [5.74, 6) is -0.806. The summed E-state index contributed by atoms with van der Waals surface area (Å²) in [4.78, 5) is 16.5. The van der Waals surface area contributed by atoms with E-state index < -0.39 is 29.3 Å². The van der Waals surface area contributed by atoms with E-state index in [4.69, 9.17) is 0 Å². The summed E-state index contributed by atoms with van der Waals surface area (Å²) in [6, 6.07) is 0. The van der Waals surface area contributed by atoms with Crippen LogP contribution in [0.2, 0.25) is 0 Å². The van der Waals surface area contributed by atoms with Crippen molar-refractivity contribution in [3.8, 4) is 5.88 Å². The summed E-state index contributed by atoms with van der Waals surface area (Å²) in [6.07, 6.45) is -3.83. The van der Waals surface area contributed by atoms with Gasteiger partial charge in [0.25, 0.3) is 5.88 Å². The van der Waals surface area contributed by atoms with E-state index in [1.54, 1.807) is 0 Å². The molecule has 0 spiro atoms. The predicted octanol–water partition coefficient (Wildman–Crippen LogP) is 1.37. The number of ether oxygens (including phenoxy) is 1. The Kier molecular flexibility index (Phi) is 3.66. The number of rotatable bonds is 4. The molecule has 0 atom stereocenters. The Morgan fingerprint density at radius 1 is 1.59 bits per heavy atom. The molecule has 1 N–H and O–H groups in total. The molecular formula is C7H7F3N4O3. The van der Waals surface area contributed by atoms with Gasteiger partial charge in [0, 0.05) is 7.05 Å². The zero-order chi connectivity index (χ0) is 13.1. The molecule has 0 unspecified atom stereocenters. The molecule has 1 aromatic rings. The topological polar surface area (TPSA) is 90.2 Å². The van der Waals surface area contributed by atoms with E-state index in [0.29, 0.717) is 0 Å². The predicted molar refractivity (Wildman–Crippen MR) is 49.8 cm³/mol. The molecule has 94 valence electrons. The SMILES string of the molecule is CNc1ncc([N+](=O)[O-])c(OCC(F)(F)F)n1. The van der Waals surface area contributed by atoms with Crippen molar-refractivity contribution in [3.63, 3.8) is 0 Å². The maximum Gasteiger partial charge on any atom is 0.422 e. The van der Waals surface area contributed by atoms with Crippen LogP contribution in [0.3, 0.4) is 0 Å². The van der Waals surface area contributed by atoms with Crippen molar-refractivity contribution in [2.75, 3.05) is 19.0 Å². The second-order valence-corrected chi connectivity index (χ2v) is 2.79. The van der Waals surface area contributed by atoms with E-state index in [9.17, 15) is 23.3 Å². The maximum absolute atomic E-state index is 11.9. The minimum Gasteiger partial charge on any atom is -0.463 e. The quantitative estimate of drug-likeness (QED) is 0.642. The molecule has 7 nitrogen and oxygen atoms in total. The molecule has 1 heterocycles. The first-order chi connectivity index (χ1) is 7.83. The lowest BCUT2D eigenvalue weighted by atomic mass is 10.5. The number of alkyl halides is 3. The minimum atomic E-state index is -4.60. The molecule has 0 bridgehead atoms. The van der Waals surface area contributed by atoms with E-state index in [0.717, 1.165) is 6.20 Å². The molecule has 0 saturated heterocycles. The first-order valence-electron chi connectivity index (χ1n) is 4.22. The normalized spacial score (nSPS) is 11.1. The molecule has 0 fully saturated rings. The van der Waals surface area contributed by atoms with E-state index in [2.05, 4.69) is 20.0 Å². The van der Waals surface area contributed by atoms with Crippen LogP contribution in [-0.2, 0) is 0 Å². The van der Waals surface area contributed by atoms with Crippen molar-refractivity contribution in [1.82, 2.24) is 9.97 Å². The number of aromatic nitrogens is 2. The number of nitrogens with one attached hydrogen (secondary N) is 1. The fourth-order valence-electron chi connectivity index (χ4n) is 0.862. The minimum absolute atomic E-state index is 0.0761. The van der Waals surface area contributed by atoms with Gasteiger partial charge in [0.05, 0.1) is 4.92 Å². The number of halogens is 3. The lowest BCUT2D eigenvalue weighted by molar-refractivity contribution is -0.386. The highest BCUT2D eigenvalue weighted by atomic mass is 19.4. The van der Waals surface area contributed by atoms with Gasteiger partial charge in [-0.2, -0.15) is 18.2 Å². The smallest absolute Gasteiger partial charge is 0.422 e. The van der Waals surface area contributed by atoms with Gasteiger partial charge < -0.3 is 10.1 Å². The molecule has 1 rings (SSSR count). The van der Waals surface area contributed by atoms with Gasteiger partial charge in [-0.25, -0.2) is 4.98 Å². The van der Waals surface area contributed by atoms with Crippen LogP contribution in [0, 0.1) is 10.1 Å². The third kappa shape index (κ3) is 3.74. The Labute approximate surface area is 92.8 Å². The molecule has 0 aromatic carbocycles. The Morgan fingerprint density at radius 2 is 2.24 bits per heavy atom. The highest BCUT2D eigenvalue weighted by Crippen LogP contribution is 2.26. The summed E-state index contributed by atoms with van der Waals surface area (Å²) in [6.45, 7) is -1.66. The zero-order valence-corrected chi connectivity index (χ0v) is 8.48. The van der Waals surface area contributed by atoms with E-state index >= 15 is 0 Å².